The van der Waals surface area contributed by atoms with Crippen LogP contribution >= 0.6 is 0 Å². The van der Waals surface area contributed by atoms with Gasteiger partial charge in [-0.2, -0.15) is 0 Å². The molecule has 0 aromatic carbocycles. The van der Waals surface area contributed by atoms with E-state index in [9.17, 15) is 15.3 Å². The number of anilines is 1. The van der Waals surface area contributed by atoms with Crippen molar-refractivity contribution in [2.24, 2.45) is 0 Å². The quantitative estimate of drug-likeness (QED) is 0.536. The fourth-order valence-corrected chi connectivity index (χ4v) is 3.38. The number of fused-ring (bicyclic) bond motifs is 1. The van der Waals surface area contributed by atoms with E-state index in [2.05, 4.69) is 32.9 Å². The van der Waals surface area contributed by atoms with E-state index in [0.29, 0.717) is 11.2 Å². The highest BCUT2D eigenvalue weighted by Gasteiger charge is 2.44. The van der Waals surface area contributed by atoms with Crippen LogP contribution in [0.1, 0.15) is 37.7 Å². The van der Waals surface area contributed by atoms with Crippen molar-refractivity contribution in [3.63, 3.8) is 0 Å². The number of imidazole rings is 1. The Labute approximate surface area is 155 Å². The molecule has 2 aromatic heterocycles. The summed E-state index contributed by atoms with van der Waals surface area (Å²) < 4.78 is 7.02. The molecule has 5 N–H and O–H groups in total. The highest BCUT2D eigenvalue weighted by molar-refractivity contribution is 5.82. The number of allylic oxidation sites excluding steroid dienone is 2. The molecule has 3 heterocycles. The van der Waals surface area contributed by atoms with Gasteiger partial charge in [-0.1, -0.05) is 12.0 Å². The van der Waals surface area contributed by atoms with Crippen LogP contribution in [0, 0.1) is 11.8 Å². The van der Waals surface area contributed by atoms with Crippen LogP contribution in [-0.4, -0.2) is 59.8 Å². The molecule has 2 aliphatic rings. The Morgan fingerprint density at radius 3 is 2.78 bits per heavy atom. The Balaban J connectivity index is 1.71. The highest BCUT2D eigenvalue weighted by Crippen LogP contribution is 2.31. The Hall–Kier alpha value is -2.51. The van der Waals surface area contributed by atoms with Gasteiger partial charge in [0.25, 0.3) is 0 Å². The van der Waals surface area contributed by atoms with Crippen LogP contribution in [0.4, 0.5) is 5.82 Å². The number of aliphatic hydroxyl groups excluding tert-OH is 3. The third kappa shape index (κ3) is 3.28. The minimum absolute atomic E-state index is 0.174. The largest absolute Gasteiger partial charge is 0.394 e. The van der Waals surface area contributed by atoms with Gasteiger partial charge in [0.05, 0.1) is 12.9 Å². The first-order chi connectivity index (χ1) is 13.1. The third-order valence-corrected chi connectivity index (χ3v) is 4.87. The van der Waals surface area contributed by atoms with Crippen LogP contribution in [0.15, 0.2) is 18.0 Å². The number of nitrogens with zero attached hydrogens (tertiary/aromatic N) is 4. The molecule has 142 valence electrons. The topological polar surface area (TPSA) is 140 Å². The SMILES string of the molecule is Nc1nc(C#CC2=CCCCC2)nc2c1ncn2[C@@H]1O[C@H](CO)[C@@H](O)[C@H]1O. The molecule has 9 nitrogen and oxygen atoms in total. The molecule has 1 aliphatic carbocycles. The van der Waals surface area contributed by atoms with Gasteiger partial charge in [0.2, 0.25) is 5.82 Å². The fourth-order valence-electron chi connectivity index (χ4n) is 3.38. The van der Waals surface area contributed by atoms with Crippen LogP contribution in [0.2, 0.25) is 0 Å². The summed E-state index contributed by atoms with van der Waals surface area (Å²) in [5.41, 5.74) is 7.76. The second-order valence-electron chi connectivity index (χ2n) is 6.71. The van der Waals surface area contributed by atoms with Crippen molar-refractivity contribution in [3.05, 3.63) is 23.8 Å². The van der Waals surface area contributed by atoms with Crippen molar-refractivity contribution < 1.29 is 20.1 Å². The summed E-state index contributed by atoms with van der Waals surface area (Å²) in [5, 5.41) is 29.5. The average Bonchev–Trinajstić information content (AvgIpc) is 3.23. The predicted molar refractivity (Wildman–Crippen MR) is 96.2 cm³/mol. The smallest absolute Gasteiger partial charge is 0.209 e. The number of hydrogen-bond donors (Lipinski definition) is 4. The molecule has 2 aromatic rings. The van der Waals surface area contributed by atoms with Crippen molar-refractivity contribution in [1.82, 2.24) is 19.5 Å². The number of aromatic nitrogens is 4. The lowest BCUT2D eigenvalue weighted by molar-refractivity contribution is -0.0511. The standard InChI is InChI=1S/C18H21N5O4/c19-16-13-17(22-12(21-16)7-6-10-4-2-1-3-5-10)23(9-20-13)18-15(26)14(25)11(8-24)27-18/h4,9,11,14-15,18,24-26H,1-3,5,8H2,(H2,19,21,22)/t11-,14-,15-,18-/m1/s1. The summed E-state index contributed by atoms with van der Waals surface area (Å²) in [5.74, 6) is 6.45. The first kappa shape index (κ1) is 17.9. The Bertz CT molecular complexity index is 944. The van der Waals surface area contributed by atoms with Gasteiger partial charge < -0.3 is 25.8 Å². The lowest BCUT2D eigenvalue weighted by Crippen LogP contribution is -2.33. The maximum Gasteiger partial charge on any atom is 0.209 e. The third-order valence-electron chi connectivity index (χ3n) is 4.87. The molecule has 0 amide bonds. The van der Waals surface area contributed by atoms with Crippen molar-refractivity contribution >= 4 is 17.0 Å². The lowest BCUT2D eigenvalue weighted by Gasteiger charge is -2.16. The van der Waals surface area contributed by atoms with Crippen LogP contribution < -0.4 is 5.73 Å². The van der Waals surface area contributed by atoms with E-state index in [-0.39, 0.29) is 11.6 Å². The van der Waals surface area contributed by atoms with Crippen LogP contribution in [-0.2, 0) is 4.74 Å². The molecule has 0 saturated carbocycles. The van der Waals surface area contributed by atoms with Gasteiger partial charge in [-0.05, 0) is 37.2 Å². The normalized spacial score (nSPS) is 28.0. The molecule has 1 saturated heterocycles. The number of rotatable bonds is 2. The summed E-state index contributed by atoms with van der Waals surface area (Å²) in [7, 11) is 0. The van der Waals surface area contributed by atoms with E-state index in [1.165, 1.54) is 17.3 Å². The minimum Gasteiger partial charge on any atom is -0.394 e. The van der Waals surface area contributed by atoms with Gasteiger partial charge in [-0.25, -0.2) is 15.0 Å². The molecule has 9 heteroatoms. The zero-order chi connectivity index (χ0) is 19.0. The molecule has 0 bridgehead atoms. The van der Waals surface area contributed by atoms with E-state index in [1.807, 2.05) is 0 Å². The molecule has 0 unspecified atom stereocenters. The van der Waals surface area contributed by atoms with Gasteiger partial charge in [0.1, 0.15) is 23.8 Å². The Morgan fingerprint density at radius 1 is 1.22 bits per heavy atom. The molecule has 4 rings (SSSR count). The first-order valence-corrected chi connectivity index (χ1v) is 8.92. The Kier molecular flexibility index (Phi) is 4.80. The Morgan fingerprint density at radius 2 is 2.07 bits per heavy atom. The van der Waals surface area contributed by atoms with E-state index in [0.717, 1.165) is 24.8 Å². The number of nitrogen functional groups attached to an aromatic ring is 1. The van der Waals surface area contributed by atoms with Gasteiger partial charge >= 0.3 is 0 Å². The maximum atomic E-state index is 10.3. The highest BCUT2D eigenvalue weighted by atomic mass is 16.6. The monoisotopic (exact) mass is 371 g/mol. The van der Waals surface area contributed by atoms with E-state index in [1.54, 1.807) is 0 Å². The summed E-state index contributed by atoms with van der Waals surface area (Å²) >= 11 is 0. The molecule has 27 heavy (non-hydrogen) atoms. The summed E-state index contributed by atoms with van der Waals surface area (Å²) in [4.78, 5) is 12.8. The summed E-state index contributed by atoms with van der Waals surface area (Å²) in [6.07, 6.45) is 3.54. The van der Waals surface area contributed by atoms with E-state index < -0.39 is 31.1 Å². The van der Waals surface area contributed by atoms with Gasteiger partial charge in [0, 0.05) is 0 Å². The minimum atomic E-state index is -1.24. The number of hydrogen-bond acceptors (Lipinski definition) is 8. The van der Waals surface area contributed by atoms with Crippen molar-refractivity contribution in [2.75, 3.05) is 12.3 Å². The van der Waals surface area contributed by atoms with Crippen LogP contribution in [0.25, 0.3) is 11.2 Å². The van der Waals surface area contributed by atoms with Gasteiger partial charge in [-0.3, -0.25) is 4.57 Å². The zero-order valence-electron chi connectivity index (χ0n) is 14.6. The second kappa shape index (κ2) is 7.25. The summed E-state index contributed by atoms with van der Waals surface area (Å²) in [6, 6.07) is 0. The second-order valence-corrected chi connectivity index (χ2v) is 6.71. The summed E-state index contributed by atoms with van der Waals surface area (Å²) in [6.45, 7) is -0.412. The molecule has 4 atom stereocenters. The van der Waals surface area contributed by atoms with Crippen molar-refractivity contribution in [3.8, 4) is 11.8 Å². The maximum absolute atomic E-state index is 10.3. The average molecular weight is 371 g/mol. The fraction of sp³-hybridized carbons (Fsp3) is 0.500. The van der Waals surface area contributed by atoms with E-state index in [4.69, 9.17) is 10.5 Å². The molecule has 0 spiro atoms. The molecule has 0 radical (unpaired) electrons. The van der Waals surface area contributed by atoms with Crippen molar-refractivity contribution in [1.29, 1.82) is 0 Å². The number of nitrogens with two attached hydrogens (primary N) is 1. The van der Waals surface area contributed by atoms with Gasteiger partial charge in [0.15, 0.2) is 17.7 Å². The van der Waals surface area contributed by atoms with Gasteiger partial charge in [-0.15, -0.1) is 0 Å². The first-order valence-electron chi connectivity index (χ1n) is 8.92. The van der Waals surface area contributed by atoms with Crippen molar-refractivity contribution in [2.45, 2.75) is 50.2 Å². The number of aliphatic hydroxyl groups is 3. The number of ether oxygens (including phenoxy) is 1. The zero-order valence-corrected chi connectivity index (χ0v) is 14.6. The van der Waals surface area contributed by atoms with E-state index >= 15 is 0 Å². The van der Waals surface area contributed by atoms with Crippen LogP contribution in [0.5, 0.6) is 0 Å². The molecule has 1 aliphatic heterocycles. The molecular formula is C18H21N5O4. The lowest BCUT2D eigenvalue weighted by atomic mass is 10.0. The molecule has 1 fully saturated rings. The predicted octanol–water partition coefficient (Wildman–Crippen LogP) is -0.128. The molecular weight excluding hydrogens is 350 g/mol. The van der Waals surface area contributed by atoms with Crippen LogP contribution in [0.3, 0.4) is 0 Å².